The summed E-state index contributed by atoms with van der Waals surface area (Å²) >= 11 is 0. The van der Waals surface area contributed by atoms with Gasteiger partial charge in [-0.1, -0.05) is 0 Å². The average molecular weight is 114 g/mol. The van der Waals surface area contributed by atoms with Crippen molar-refractivity contribution in [1.29, 1.82) is 0 Å². The monoisotopic (exact) mass is 114 g/mol. The summed E-state index contributed by atoms with van der Waals surface area (Å²) in [5, 5.41) is 0. The zero-order valence-electron chi connectivity index (χ0n) is 4.96. The van der Waals surface area contributed by atoms with Crippen LogP contribution in [0.15, 0.2) is 0 Å². The van der Waals surface area contributed by atoms with E-state index >= 15 is 0 Å². The van der Waals surface area contributed by atoms with Gasteiger partial charge in [0.05, 0.1) is 6.10 Å². The molecule has 2 atom stereocenters. The Kier molecular flexibility index (Phi) is 1.63. The second-order valence-electron chi connectivity index (χ2n) is 2.20. The summed E-state index contributed by atoms with van der Waals surface area (Å²) in [6, 6.07) is 0. The first-order chi connectivity index (χ1) is 3.83. The lowest BCUT2D eigenvalue weighted by atomic mass is 10.2. The highest BCUT2D eigenvalue weighted by molar-refractivity contribution is 5.56. The SMILES string of the molecule is C[C@@H]1CCC(C=O)O1. The fourth-order valence-electron chi connectivity index (χ4n) is 0.934. The Hall–Kier alpha value is -0.370. The van der Waals surface area contributed by atoms with Crippen molar-refractivity contribution in [3.05, 3.63) is 0 Å². The predicted molar refractivity (Wildman–Crippen MR) is 29.6 cm³/mol. The molecule has 46 valence electrons. The standard InChI is InChI=1S/C6H10O2/c1-5-2-3-6(4-7)8-5/h4-6H,2-3H2,1H3/t5-,6?/m1/s1. The van der Waals surface area contributed by atoms with Crippen LogP contribution in [0.2, 0.25) is 0 Å². The molecule has 1 aliphatic heterocycles. The Morgan fingerprint density at radius 1 is 1.62 bits per heavy atom. The zero-order chi connectivity index (χ0) is 5.98. The minimum Gasteiger partial charge on any atom is -0.368 e. The van der Waals surface area contributed by atoms with Gasteiger partial charge in [-0.2, -0.15) is 0 Å². The first-order valence-corrected chi connectivity index (χ1v) is 2.93. The molecule has 0 spiro atoms. The van der Waals surface area contributed by atoms with Gasteiger partial charge in [-0.25, -0.2) is 0 Å². The Balaban J connectivity index is 2.32. The van der Waals surface area contributed by atoms with Gasteiger partial charge in [-0.15, -0.1) is 0 Å². The summed E-state index contributed by atoms with van der Waals surface area (Å²) in [5.41, 5.74) is 0. The molecule has 0 aromatic rings. The molecule has 0 aromatic carbocycles. The van der Waals surface area contributed by atoms with Gasteiger partial charge >= 0.3 is 0 Å². The van der Waals surface area contributed by atoms with Crippen LogP contribution in [-0.2, 0) is 9.53 Å². The number of hydrogen-bond acceptors (Lipinski definition) is 2. The van der Waals surface area contributed by atoms with Crippen molar-refractivity contribution < 1.29 is 9.53 Å². The average Bonchev–Trinajstić information content (AvgIpc) is 2.14. The number of aldehydes is 1. The third kappa shape index (κ3) is 1.07. The lowest BCUT2D eigenvalue weighted by Crippen LogP contribution is -2.08. The maximum absolute atomic E-state index is 10.0. The molecule has 0 amide bonds. The number of carbonyl (C=O) groups excluding carboxylic acids is 1. The fraction of sp³-hybridized carbons (Fsp3) is 0.833. The van der Waals surface area contributed by atoms with E-state index in [1.165, 1.54) is 0 Å². The van der Waals surface area contributed by atoms with Crippen LogP contribution in [0.1, 0.15) is 19.8 Å². The molecule has 0 aliphatic carbocycles. The number of rotatable bonds is 1. The van der Waals surface area contributed by atoms with Crippen molar-refractivity contribution in [3.63, 3.8) is 0 Å². The van der Waals surface area contributed by atoms with E-state index < -0.39 is 0 Å². The minimum absolute atomic E-state index is 0.106. The summed E-state index contributed by atoms with van der Waals surface area (Å²) in [4.78, 5) is 10.0. The molecule has 1 fully saturated rings. The Labute approximate surface area is 48.8 Å². The highest BCUT2D eigenvalue weighted by Crippen LogP contribution is 2.16. The van der Waals surface area contributed by atoms with Gasteiger partial charge in [-0.3, -0.25) is 0 Å². The summed E-state index contributed by atoms with van der Waals surface area (Å²) < 4.78 is 5.14. The van der Waals surface area contributed by atoms with E-state index in [1.54, 1.807) is 0 Å². The van der Waals surface area contributed by atoms with Crippen LogP contribution < -0.4 is 0 Å². The third-order valence-corrected chi connectivity index (χ3v) is 1.42. The van der Waals surface area contributed by atoms with E-state index in [2.05, 4.69) is 0 Å². The Morgan fingerprint density at radius 3 is 2.62 bits per heavy atom. The maximum atomic E-state index is 10.0. The van der Waals surface area contributed by atoms with Gasteiger partial charge in [0, 0.05) is 0 Å². The van der Waals surface area contributed by atoms with Crippen LogP contribution in [0.4, 0.5) is 0 Å². The van der Waals surface area contributed by atoms with Gasteiger partial charge in [0.25, 0.3) is 0 Å². The lowest BCUT2D eigenvalue weighted by Gasteiger charge is -2.00. The van der Waals surface area contributed by atoms with Crippen molar-refractivity contribution >= 4 is 6.29 Å². The van der Waals surface area contributed by atoms with Gasteiger partial charge in [0.1, 0.15) is 12.4 Å². The molecule has 1 unspecified atom stereocenters. The van der Waals surface area contributed by atoms with Crippen LogP contribution in [0.3, 0.4) is 0 Å². The van der Waals surface area contributed by atoms with Crippen LogP contribution in [-0.4, -0.2) is 18.5 Å². The van der Waals surface area contributed by atoms with E-state index in [0.717, 1.165) is 19.1 Å². The van der Waals surface area contributed by atoms with Gasteiger partial charge in [0.2, 0.25) is 0 Å². The molecule has 2 nitrogen and oxygen atoms in total. The molecule has 0 radical (unpaired) electrons. The highest BCUT2D eigenvalue weighted by Gasteiger charge is 2.19. The molecule has 0 saturated carbocycles. The molecule has 1 heterocycles. The number of ether oxygens (including phenoxy) is 1. The van der Waals surface area contributed by atoms with Crippen molar-refractivity contribution in [2.24, 2.45) is 0 Å². The van der Waals surface area contributed by atoms with Crippen molar-refractivity contribution in [1.82, 2.24) is 0 Å². The van der Waals surface area contributed by atoms with E-state index in [-0.39, 0.29) is 6.10 Å². The summed E-state index contributed by atoms with van der Waals surface area (Å²) in [5.74, 6) is 0. The summed E-state index contributed by atoms with van der Waals surface area (Å²) in [6.45, 7) is 1.99. The smallest absolute Gasteiger partial charge is 0.148 e. The van der Waals surface area contributed by atoms with Crippen molar-refractivity contribution in [2.45, 2.75) is 32.0 Å². The maximum Gasteiger partial charge on any atom is 0.148 e. The largest absolute Gasteiger partial charge is 0.368 e. The molecule has 0 N–H and O–H groups in total. The van der Waals surface area contributed by atoms with Crippen LogP contribution in [0.5, 0.6) is 0 Å². The van der Waals surface area contributed by atoms with Gasteiger partial charge in [0.15, 0.2) is 0 Å². The fourth-order valence-corrected chi connectivity index (χ4v) is 0.934. The van der Waals surface area contributed by atoms with Crippen molar-refractivity contribution in [2.75, 3.05) is 0 Å². The normalized spacial score (nSPS) is 37.6. The topological polar surface area (TPSA) is 26.3 Å². The highest BCUT2D eigenvalue weighted by atomic mass is 16.5. The third-order valence-electron chi connectivity index (χ3n) is 1.42. The summed E-state index contributed by atoms with van der Waals surface area (Å²) in [7, 11) is 0. The summed E-state index contributed by atoms with van der Waals surface area (Å²) in [6.07, 6.45) is 3.01. The number of hydrogen-bond donors (Lipinski definition) is 0. The molecule has 1 saturated heterocycles. The molecule has 8 heavy (non-hydrogen) atoms. The molecule has 0 bridgehead atoms. The molecule has 0 aromatic heterocycles. The molecular weight excluding hydrogens is 104 g/mol. The van der Waals surface area contributed by atoms with Crippen LogP contribution in [0, 0.1) is 0 Å². The van der Waals surface area contributed by atoms with Gasteiger partial charge < -0.3 is 9.53 Å². The lowest BCUT2D eigenvalue weighted by molar-refractivity contribution is -0.117. The molecule has 1 rings (SSSR count). The Bertz CT molecular complexity index is 90.5. The van der Waals surface area contributed by atoms with Gasteiger partial charge in [-0.05, 0) is 19.8 Å². The van der Waals surface area contributed by atoms with Crippen molar-refractivity contribution in [3.8, 4) is 0 Å². The van der Waals surface area contributed by atoms with E-state index in [9.17, 15) is 4.79 Å². The van der Waals surface area contributed by atoms with E-state index in [0.29, 0.717) is 6.10 Å². The molecular formula is C6H10O2. The zero-order valence-corrected chi connectivity index (χ0v) is 4.96. The van der Waals surface area contributed by atoms with Crippen LogP contribution in [0.25, 0.3) is 0 Å². The second-order valence-corrected chi connectivity index (χ2v) is 2.20. The Morgan fingerprint density at radius 2 is 2.38 bits per heavy atom. The molecule has 1 aliphatic rings. The predicted octanol–water partition coefficient (Wildman–Crippen LogP) is 0.753. The molecule has 2 heteroatoms. The first-order valence-electron chi connectivity index (χ1n) is 2.93. The minimum atomic E-state index is -0.106. The van der Waals surface area contributed by atoms with Crippen LogP contribution >= 0.6 is 0 Å². The van der Waals surface area contributed by atoms with E-state index in [1.807, 2.05) is 6.92 Å². The number of carbonyl (C=O) groups is 1. The second kappa shape index (κ2) is 2.27. The first kappa shape index (κ1) is 5.76. The quantitative estimate of drug-likeness (QED) is 0.470. The van der Waals surface area contributed by atoms with E-state index in [4.69, 9.17) is 4.74 Å².